The monoisotopic (exact) mass is 346 g/mol. The molecule has 0 saturated heterocycles. The van der Waals surface area contributed by atoms with Gasteiger partial charge in [-0.1, -0.05) is 75.8 Å². The zero-order chi connectivity index (χ0) is 18.3. The van der Waals surface area contributed by atoms with Crippen LogP contribution in [0.15, 0.2) is 35.4 Å². The molecule has 0 aliphatic rings. The van der Waals surface area contributed by atoms with Gasteiger partial charge in [-0.2, -0.15) is 5.10 Å². The minimum atomic E-state index is -0.877. The molecule has 0 atom stereocenters. The molecule has 1 rings (SSSR count). The fourth-order valence-electron chi connectivity index (χ4n) is 2.55. The molecule has 0 fully saturated rings. The molecule has 1 aromatic rings. The lowest BCUT2D eigenvalue weighted by Crippen LogP contribution is -2.20. The molecule has 0 bridgehead atoms. The molecule has 25 heavy (non-hydrogen) atoms. The number of amides is 1. The third kappa shape index (κ3) is 10.3. The van der Waals surface area contributed by atoms with E-state index in [0.29, 0.717) is 12.1 Å². The van der Waals surface area contributed by atoms with Crippen LogP contribution >= 0.6 is 0 Å². The number of unbranched alkanes of at least 4 members (excludes halogenated alkanes) is 6. The summed E-state index contributed by atoms with van der Waals surface area (Å²) in [6, 6.07) is 9.35. The molecule has 2 N–H and O–H groups in total. The molecule has 5 heteroatoms. The lowest BCUT2D eigenvalue weighted by atomic mass is 10.1. The summed E-state index contributed by atoms with van der Waals surface area (Å²) in [7, 11) is 0. The van der Waals surface area contributed by atoms with E-state index in [1.54, 1.807) is 0 Å². The van der Waals surface area contributed by atoms with Gasteiger partial charge < -0.3 is 5.11 Å². The van der Waals surface area contributed by atoms with E-state index in [1.807, 2.05) is 30.3 Å². The first kappa shape index (κ1) is 20.9. The molecule has 1 aromatic carbocycles. The first-order valence-corrected chi connectivity index (χ1v) is 9.26. The number of hydrogen-bond donors (Lipinski definition) is 2. The Hall–Kier alpha value is -2.17. The van der Waals surface area contributed by atoms with Crippen LogP contribution in [0.25, 0.3) is 0 Å². The summed E-state index contributed by atoms with van der Waals surface area (Å²) in [5.74, 6) is -0.990. The van der Waals surface area contributed by atoms with Gasteiger partial charge in [0, 0.05) is 12.8 Å². The van der Waals surface area contributed by atoms with E-state index in [1.165, 1.54) is 32.1 Å². The molecule has 0 heterocycles. The number of rotatable bonds is 13. The Kier molecular flexibility index (Phi) is 11.0. The van der Waals surface area contributed by atoms with Crippen LogP contribution in [0.2, 0.25) is 0 Å². The maximum atomic E-state index is 11.9. The zero-order valence-electron chi connectivity index (χ0n) is 15.2. The summed E-state index contributed by atoms with van der Waals surface area (Å²) < 4.78 is 0. The summed E-state index contributed by atoms with van der Waals surface area (Å²) in [6.07, 6.45) is 8.87. The minimum Gasteiger partial charge on any atom is -0.481 e. The van der Waals surface area contributed by atoms with Gasteiger partial charge in [0.1, 0.15) is 0 Å². The zero-order valence-corrected chi connectivity index (χ0v) is 15.2. The van der Waals surface area contributed by atoms with Crippen molar-refractivity contribution in [3.63, 3.8) is 0 Å². The molecule has 0 spiro atoms. The van der Waals surface area contributed by atoms with Crippen LogP contribution in [0.3, 0.4) is 0 Å². The largest absolute Gasteiger partial charge is 0.481 e. The molecule has 0 saturated carbocycles. The number of carboxylic acids is 1. The van der Waals surface area contributed by atoms with Gasteiger partial charge in [0.2, 0.25) is 5.91 Å². The van der Waals surface area contributed by atoms with Crippen molar-refractivity contribution in [2.75, 3.05) is 0 Å². The predicted octanol–water partition coefficient (Wildman–Crippen LogP) is 4.51. The van der Waals surface area contributed by atoms with Crippen molar-refractivity contribution in [2.45, 2.75) is 71.1 Å². The van der Waals surface area contributed by atoms with Gasteiger partial charge in [-0.25, -0.2) is 5.43 Å². The van der Waals surface area contributed by atoms with Crippen molar-refractivity contribution in [3.05, 3.63) is 35.9 Å². The molecule has 0 radical (unpaired) electrons. The highest BCUT2D eigenvalue weighted by atomic mass is 16.4. The minimum absolute atomic E-state index is 0.0125. The normalized spacial score (nSPS) is 11.3. The summed E-state index contributed by atoms with van der Waals surface area (Å²) >= 11 is 0. The lowest BCUT2D eigenvalue weighted by Gasteiger charge is -2.07. The number of hydrogen-bond acceptors (Lipinski definition) is 3. The Morgan fingerprint density at radius 3 is 2.20 bits per heavy atom. The molecular formula is C20H30N2O3. The first-order chi connectivity index (χ1) is 12.1. The number of carbonyl (C=O) groups excluding carboxylic acids is 1. The van der Waals surface area contributed by atoms with Crippen LogP contribution in [-0.2, 0) is 9.59 Å². The van der Waals surface area contributed by atoms with Crippen molar-refractivity contribution < 1.29 is 14.7 Å². The maximum Gasteiger partial charge on any atom is 0.303 e. The van der Waals surface area contributed by atoms with Crippen LogP contribution < -0.4 is 5.43 Å². The van der Waals surface area contributed by atoms with Crippen LogP contribution in [0.1, 0.15) is 76.7 Å². The molecule has 0 aliphatic carbocycles. The summed E-state index contributed by atoms with van der Waals surface area (Å²) in [4.78, 5) is 22.7. The highest BCUT2D eigenvalue weighted by Crippen LogP contribution is 2.09. The van der Waals surface area contributed by atoms with Gasteiger partial charge in [-0.15, -0.1) is 0 Å². The molecule has 5 nitrogen and oxygen atoms in total. The topological polar surface area (TPSA) is 78.8 Å². The van der Waals surface area contributed by atoms with Crippen LogP contribution in [0, 0.1) is 0 Å². The van der Waals surface area contributed by atoms with E-state index in [9.17, 15) is 9.59 Å². The quantitative estimate of drug-likeness (QED) is 0.313. The summed E-state index contributed by atoms with van der Waals surface area (Å²) in [5.41, 5.74) is 4.00. The van der Waals surface area contributed by atoms with Crippen LogP contribution in [0.5, 0.6) is 0 Å². The third-order valence-electron chi connectivity index (χ3n) is 4.01. The molecule has 0 aromatic heterocycles. The molecule has 0 aliphatic heterocycles. The number of nitrogens with zero attached hydrogens (tertiary/aromatic N) is 1. The van der Waals surface area contributed by atoms with Crippen molar-refractivity contribution in [1.82, 2.24) is 5.43 Å². The third-order valence-corrected chi connectivity index (χ3v) is 4.01. The van der Waals surface area contributed by atoms with Crippen molar-refractivity contribution >= 4 is 17.6 Å². The van der Waals surface area contributed by atoms with E-state index in [2.05, 4.69) is 17.5 Å². The van der Waals surface area contributed by atoms with Gasteiger partial charge in [-0.05, 0) is 12.0 Å². The Balaban J connectivity index is 2.39. The second-order valence-corrected chi connectivity index (χ2v) is 6.22. The molecular weight excluding hydrogens is 316 g/mol. The number of carboxylic acid groups (broad SMARTS) is 1. The van der Waals surface area contributed by atoms with Crippen LogP contribution in [-0.4, -0.2) is 22.7 Å². The fraction of sp³-hybridized carbons (Fsp3) is 0.550. The van der Waals surface area contributed by atoms with Crippen LogP contribution in [0.4, 0.5) is 0 Å². The van der Waals surface area contributed by atoms with Crippen molar-refractivity contribution in [2.24, 2.45) is 5.10 Å². The fourth-order valence-corrected chi connectivity index (χ4v) is 2.55. The Labute approximate surface area is 150 Å². The number of hydrazone groups is 1. The lowest BCUT2D eigenvalue weighted by molar-refractivity contribution is -0.136. The summed E-state index contributed by atoms with van der Waals surface area (Å²) in [5, 5.41) is 13.0. The van der Waals surface area contributed by atoms with E-state index in [-0.39, 0.29) is 18.7 Å². The highest BCUT2D eigenvalue weighted by molar-refractivity contribution is 6.02. The predicted molar refractivity (Wildman–Crippen MR) is 101 cm³/mol. The second-order valence-electron chi connectivity index (χ2n) is 6.22. The smallest absolute Gasteiger partial charge is 0.303 e. The van der Waals surface area contributed by atoms with Crippen molar-refractivity contribution in [1.29, 1.82) is 0 Å². The highest BCUT2D eigenvalue weighted by Gasteiger charge is 2.08. The molecule has 138 valence electrons. The van der Waals surface area contributed by atoms with Gasteiger partial charge in [0.15, 0.2) is 0 Å². The first-order valence-electron chi connectivity index (χ1n) is 9.26. The van der Waals surface area contributed by atoms with E-state index < -0.39 is 5.97 Å². The summed E-state index contributed by atoms with van der Waals surface area (Å²) in [6.45, 7) is 2.20. The Morgan fingerprint density at radius 1 is 0.920 bits per heavy atom. The second kappa shape index (κ2) is 13.2. The standard InChI is InChI=1S/C20H30N2O3/c1-2-3-4-5-6-7-11-14-19(23)22-21-18(15-16-20(24)25)17-12-9-8-10-13-17/h8-10,12-13H,2-7,11,14-16H2,1H3,(H,22,23)(H,24,25). The molecule has 0 unspecified atom stereocenters. The number of nitrogens with one attached hydrogen (secondary N) is 1. The number of aliphatic carboxylic acids is 1. The Bertz CT molecular complexity index is 541. The molecule has 1 amide bonds. The maximum absolute atomic E-state index is 11.9. The van der Waals surface area contributed by atoms with E-state index in [0.717, 1.165) is 18.4 Å². The van der Waals surface area contributed by atoms with Gasteiger partial charge in [0.25, 0.3) is 0 Å². The Morgan fingerprint density at radius 2 is 1.56 bits per heavy atom. The SMILES string of the molecule is CCCCCCCCCC(=O)NN=C(CCC(=O)O)c1ccccc1. The number of benzene rings is 1. The average Bonchev–Trinajstić information content (AvgIpc) is 2.61. The van der Waals surface area contributed by atoms with Crippen molar-refractivity contribution in [3.8, 4) is 0 Å². The van der Waals surface area contributed by atoms with E-state index in [4.69, 9.17) is 5.11 Å². The van der Waals surface area contributed by atoms with E-state index >= 15 is 0 Å². The van der Waals surface area contributed by atoms with Gasteiger partial charge >= 0.3 is 5.97 Å². The van der Waals surface area contributed by atoms with Gasteiger partial charge in [0.05, 0.1) is 12.1 Å². The average molecular weight is 346 g/mol. The van der Waals surface area contributed by atoms with Gasteiger partial charge in [-0.3, -0.25) is 9.59 Å². The number of carbonyl (C=O) groups is 2.